The van der Waals surface area contributed by atoms with Crippen LogP contribution in [0, 0.1) is 0 Å². The molecule has 3 rings (SSSR count). The topological polar surface area (TPSA) is 78.9 Å². The average molecular weight is 377 g/mol. The quantitative estimate of drug-likeness (QED) is 0.526. The molecular weight excluding hydrogens is 350 g/mol. The van der Waals surface area contributed by atoms with Gasteiger partial charge in [0.25, 0.3) is 0 Å². The summed E-state index contributed by atoms with van der Waals surface area (Å²) in [6, 6.07) is 11.8. The first-order valence-corrected chi connectivity index (χ1v) is 9.52. The second kappa shape index (κ2) is 10.3. The fraction of sp³-hybridized carbons (Fsp3) is 0.333. The first-order valence-electron chi connectivity index (χ1n) is 9.52. The fourth-order valence-electron chi connectivity index (χ4n) is 2.75. The highest BCUT2D eigenvalue weighted by Gasteiger charge is 2.07. The maximum absolute atomic E-state index is 4.67. The largest absolute Gasteiger partial charge is 0.369 e. The third kappa shape index (κ3) is 6.28. The summed E-state index contributed by atoms with van der Waals surface area (Å²) in [6.07, 6.45) is 7.22. The molecule has 7 nitrogen and oxygen atoms in total. The molecule has 0 radical (unpaired) electrons. The van der Waals surface area contributed by atoms with E-state index in [2.05, 4.69) is 49.6 Å². The van der Waals surface area contributed by atoms with Crippen LogP contribution < -0.4 is 10.6 Å². The summed E-state index contributed by atoms with van der Waals surface area (Å²) in [5, 5.41) is 6.74. The minimum atomic E-state index is 0.633. The molecule has 3 heterocycles. The predicted molar refractivity (Wildman–Crippen MR) is 113 cm³/mol. The third-order valence-corrected chi connectivity index (χ3v) is 4.18. The highest BCUT2D eigenvalue weighted by molar-refractivity contribution is 5.63. The van der Waals surface area contributed by atoms with Crippen molar-refractivity contribution in [2.24, 2.45) is 0 Å². The summed E-state index contributed by atoms with van der Waals surface area (Å²) in [6.45, 7) is 2.60. The molecule has 0 bridgehead atoms. The summed E-state index contributed by atoms with van der Waals surface area (Å²) in [4.78, 5) is 19.9. The second-order valence-corrected chi connectivity index (χ2v) is 6.78. The monoisotopic (exact) mass is 377 g/mol. The minimum absolute atomic E-state index is 0.633. The fourth-order valence-corrected chi connectivity index (χ4v) is 2.75. The van der Waals surface area contributed by atoms with E-state index in [-0.39, 0.29) is 0 Å². The number of pyridine rings is 2. The zero-order valence-corrected chi connectivity index (χ0v) is 16.5. The predicted octanol–water partition coefficient (Wildman–Crippen LogP) is 2.95. The van der Waals surface area contributed by atoms with Crippen molar-refractivity contribution in [1.29, 1.82) is 0 Å². The van der Waals surface area contributed by atoms with E-state index in [0.717, 1.165) is 55.2 Å². The Morgan fingerprint density at radius 3 is 2.54 bits per heavy atom. The Balaban J connectivity index is 1.69. The molecule has 7 heteroatoms. The van der Waals surface area contributed by atoms with Crippen molar-refractivity contribution in [3.05, 3.63) is 60.7 Å². The lowest BCUT2D eigenvalue weighted by Crippen LogP contribution is -2.17. The summed E-state index contributed by atoms with van der Waals surface area (Å²) in [5.41, 5.74) is 2.94. The van der Waals surface area contributed by atoms with E-state index in [1.807, 2.05) is 42.6 Å². The molecule has 3 aromatic heterocycles. The molecular formula is C21H27N7. The van der Waals surface area contributed by atoms with E-state index in [0.29, 0.717) is 5.95 Å². The number of anilines is 2. The molecule has 0 atom stereocenters. The van der Waals surface area contributed by atoms with E-state index in [4.69, 9.17) is 0 Å². The maximum atomic E-state index is 4.67. The number of hydrogen-bond donors (Lipinski definition) is 2. The molecule has 0 aromatic carbocycles. The lowest BCUT2D eigenvalue weighted by atomic mass is 10.2. The van der Waals surface area contributed by atoms with Gasteiger partial charge in [-0.2, -0.15) is 4.98 Å². The summed E-state index contributed by atoms with van der Waals surface area (Å²) < 4.78 is 0. The molecule has 0 saturated carbocycles. The molecule has 0 spiro atoms. The van der Waals surface area contributed by atoms with Crippen LogP contribution in [0.15, 0.2) is 55.0 Å². The third-order valence-electron chi connectivity index (χ3n) is 4.18. The highest BCUT2D eigenvalue weighted by Crippen LogP contribution is 2.21. The standard InChI is InChI=1S/C21H27N7/c1-28(2)15-5-11-25-21-26-19(17-7-12-22-13-8-17)16-20(27-21)24-14-9-18-6-3-4-10-23-18/h3-4,6-8,10,12-13,16H,5,9,11,14-15H2,1-2H3,(H2,24,25,26,27). The number of hydrogen-bond acceptors (Lipinski definition) is 7. The molecule has 0 aliphatic rings. The van der Waals surface area contributed by atoms with Crippen molar-refractivity contribution in [3.8, 4) is 11.3 Å². The summed E-state index contributed by atoms with van der Waals surface area (Å²) >= 11 is 0. The van der Waals surface area contributed by atoms with Gasteiger partial charge in [0.05, 0.1) is 5.69 Å². The van der Waals surface area contributed by atoms with Gasteiger partial charge in [-0.15, -0.1) is 0 Å². The SMILES string of the molecule is CN(C)CCCNc1nc(NCCc2ccccn2)cc(-c2ccncc2)n1. The van der Waals surface area contributed by atoms with Crippen LogP contribution in [-0.4, -0.2) is 58.6 Å². The Morgan fingerprint density at radius 2 is 1.79 bits per heavy atom. The van der Waals surface area contributed by atoms with Crippen molar-refractivity contribution in [1.82, 2.24) is 24.8 Å². The van der Waals surface area contributed by atoms with Crippen LogP contribution in [0.2, 0.25) is 0 Å². The van der Waals surface area contributed by atoms with Crippen LogP contribution in [-0.2, 0) is 6.42 Å². The molecule has 146 valence electrons. The first-order chi connectivity index (χ1) is 13.7. The number of aromatic nitrogens is 4. The van der Waals surface area contributed by atoms with Crippen LogP contribution in [0.3, 0.4) is 0 Å². The van der Waals surface area contributed by atoms with Crippen molar-refractivity contribution in [2.45, 2.75) is 12.8 Å². The van der Waals surface area contributed by atoms with Gasteiger partial charge in [0.1, 0.15) is 5.82 Å². The van der Waals surface area contributed by atoms with Crippen LogP contribution in [0.5, 0.6) is 0 Å². The van der Waals surface area contributed by atoms with Gasteiger partial charge in [-0.1, -0.05) is 6.07 Å². The van der Waals surface area contributed by atoms with E-state index in [1.54, 1.807) is 12.4 Å². The Hall–Kier alpha value is -3.06. The Bertz CT molecular complexity index is 838. The van der Waals surface area contributed by atoms with Crippen molar-refractivity contribution < 1.29 is 0 Å². The smallest absolute Gasteiger partial charge is 0.225 e. The number of nitrogens with one attached hydrogen (secondary N) is 2. The van der Waals surface area contributed by atoms with Crippen molar-refractivity contribution >= 4 is 11.8 Å². The second-order valence-electron chi connectivity index (χ2n) is 6.78. The van der Waals surface area contributed by atoms with Crippen LogP contribution >= 0.6 is 0 Å². The molecule has 0 unspecified atom stereocenters. The molecule has 0 fully saturated rings. The summed E-state index contributed by atoms with van der Waals surface area (Å²) in [7, 11) is 4.15. The van der Waals surface area contributed by atoms with Gasteiger partial charge in [-0.05, 0) is 51.3 Å². The van der Waals surface area contributed by atoms with Gasteiger partial charge >= 0.3 is 0 Å². The normalized spacial score (nSPS) is 10.8. The van der Waals surface area contributed by atoms with Gasteiger partial charge in [0, 0.05) is 55.4 Å². The van der Waals surface area contributed by atoms with Crippen molar-refractivity contribution in [3.63, 3.8) is 0 Å². The van der Waals surface area contributed by atoms with E-state index in [9.17, 15) is 0 Å². The number of rotatable bonds is 10. The van der Waals surface area contributed by atoms with Gasteiger partial charge < -0.3 is 15.5 Å². The van der Waals surface area contributed by atoms with Gasteiger partial charge in [0.15, 0.2) is 0 Å². The number of nitrogens with zero attached hydrogens (tertiary/aromatic N) is 5. The summed E-state index contributed by atoms with van der Waals surface area (Å²) in [5.74, 6) is 1.43. The molecule has 28 heavy (non-hydrogen) atoms. The Labute approximate surface area is 166 Å². The van der Waals surface area contributed by atoms with Crippen LogP contribution in [0.4, 0.5) is 11.8 Å². The molecule has 0 aliphatic carbocycles. The van der Waals surface area contributed by atoms with Crippen molar-refractivity contribution in [2.75, 3.05) is 44.4 Å². The molecule has 3 aromatic rings. The molecule has 0 aliphatic heterocycles. The molecule has 0 amide bonds. The highest BCUT2D eigenvalue weighted by atomic mass is 15.1. The van der Waals surface area contributed by atoms with Gasteiger partial charge in [0.2, 0.25) is 5.95 Å². The lowest BCUT2D eigenvalue weighted by Gasteiger charge is -2.13. The lowest BCUT2D eigenvalue weighted by molar-refractivity contribution is 0.405. The maximum Gasteiger partial charge on any atom is 0.225 e. The van der Waals surface area contributed by atoms with E-state index >= 15 is 0 Å². The van der Waals surface area contributed by atoms with E-state index in [1.165, 1.54) is 0 Å². The molecule has 0 saturated heterocycles. The average Bonchev–Trinajstić information content (AvgIpc) is 2.72. The minimum Gasteiger partial charge on any atom is -0.369 e. The van der Waals surface area contributed by atoms with Crippen LogP contribution in [0.1, 0.15) is 12.1 Å². The zero-order valence-electron chi connectivity index (χ0n) is 16.5. The van der Waals surface area contributed by atoms with Gasteiger partial charge in [-0.3, -0.25) is 9.97 Å². The van der Waals surface area contributed by atoms with Crippen LogP contribution in [0.25, 0.3) is 11.3 Å². The Kier molecular flexibility index (Phi) is 7.26. The molecule has 2 N–H and O–H groups in total. The Morgan fingerprint density at radius 1 is 0.929 bits per heavy atom. The van der Waals surface area contributed by atoms with E-state index < -0.39 is 0 Å². The zero-order chi connectivity index (χ0) is 19.6. The first kappa shape index (κ1) is 19.7. The van der Waals surface area contributed by atoms with Gasteiger partial charge in [-0.25, -0.2) is 4.98 Å².